The molecule has 3 aliphatic heterocycles. The van der Waals surface area contributed by atoms with Crippen molar-refractivity contribution in [2.45, 2.75) is 62.7 Å². The van der Waals surface area contributed by atoms with Gasteiger partial charge in [-0.1, -0.05) is 35.8 Å². The number of carbonyl (C=O) groups excluding carboxylic acids is 1. The number of hydrogen-bond donors (Lipinski definition) is 0. The Kier molecular flexibility index (Phi) is 5.31. The van der Waals surface area contributed by atoms with Crippen LogP contribution >= 0.6 is 15.9 Å². The second-order valence-corrected chi connectivity index (χ2v) is 12.4. The van der Waals surface area contributed by atoms with E-state index in [4.69, 9.17) is 14.2 Å². The minimum atomic E-state index is -0.247. The zero-order valence-corrected chi connectivity index (χ0v) is 22.5. The molecule has 3 fully saturated rings. The Morgan fingerprint density at radius 1 is 1.06 bits per heavy atom. The Hall–Kier alpha value is -1.99. The molecule has 2 aliphatic carbocycles. The molecule has 1 atom stereocenters. The second kappa shape index (κ2) is 8.26. The molecule has 2 aromatic carbocycles. The van der Waals surface area contributed by atoms with E-state index in [1.807, 2.05) is 18.2 Å². The summed E-state index contributed by atoms with van der Waals surface area (Å²) >= 11 is 3.60. The zero-order valence-electron chi connectivity index (χ0n) is 20.9. The van der Waals surface area contributed by atoms with Crippen LogP contribution in [0.25, 0.3) is 5.57 Å². The average Bonchev–Trinajstić information content (AvgIpc) is 3.40. The van der Waals surface area contributed by atoms with Gasteiger partial charge in [-0.3, -0.25) is 9.69 Å². The number of halogens is 1. The summed E-state index contributed by atoms with van der Waals surface area (Å²) < 4.78 is 19.5. The van der Waals surface area contributed by atoms with Gasteiger partial charge in [-0.05, 0) is 71.9 Å². The molecule has 5 aliphatic rings. The Labute approximate surface area is 220 Å². The quantitative estimate of drug-likeness (QED) is 0.517. The first kappa shape index (κ1) is 23.2. The molecular weight excluding hydrogens is 518 g/mol. The van der Waals surface area contributed by atoms with Gasteiger partial charge in [0.2, 0.25) is 0 Å². The number of likely N-dealkylation sites (tertiary alicyclic amines) is 1. The Bertz CT molecular complexity index is 1290. The Morgan fingerprint density at radius 2 is 1.83 bits per heavy atom. The van der Waals surface area contributed by atoms with Crippen molar-refractivity contribution in [1.29, 1.82) is 0 Å². The standard InChI is InChI=1S/C30H32BrNO4/c1-29(2)24-15-21(36-26-7-12-35-30(26)8-10-32(11-9-30)20-16-34-17-20)4-6-23(24)28(33)27-22-5-3-19(31)13-18(22)14-25(27)29/h3-6,13,15,20,26H,7-12,14,16-17H2,1-2H3. The number of ketones is 1. The van der Waals surface area contributed by atoms with E-state index in [1.54, 1.807) is 0 Å². The van der Waals surface area contributed by atoms with E-state index >= 15 is 0 Å². The predicted octanol–water partition coefficient (Wildman–Crippen LogP) is 5.33. The first-order chi connectivity index (χ1) is 17.4. The highest BCUT2D eigenvalue weighted by Gasteiger charge is 2.49. The molecule has 7 rings (SSSR count). The average molecular weight is 550 g/mol. The molecule has 0 bridgehead atoms. The molecule has 6 heteroatoms. The van der Waals surface area contributed by atoms with Gasteiger partial charge in [-0.2, -0.15) is 0 Å². The van der Waals surface area contributed by atoms with E-state index in [-0.39, 0.29) is 22.9 Å². The minimum Gasteiger partial charge on any atom is -0.487 e. The number of benzene rings is 2. The molecule has 36 heavy (non-hydrogen) atoms. The summed E-state index contributed by atoms with van der Waals surface area (Å²) in [5, 5.41) is 0. The molecule has 0 radical (unpaired) electrons. The molecule has 1 unspecified atom stereocenters. The van der Waals surface area contributed by atoms with Crippen molar-refractivity contribution in [1.82, 2.24) is 4.90 Å². The fraction of sp³-hybridized carbons (Fsp3) is 0.500. The highest BCUT2D eigenvalue weighted by molar-refractivity contribution is 9.10. The van der Waals surface area contributed by atoms with Crippen molar-refractivity contribution in [3.63, 3.8) is 0 Å². The summed E-state index contributed by atoms with van der Waals surface area (Å²) in [6, 6.07) is 12.9. The van der Waals surface area contributed by atoms with Gasteiger partial charge in [0.25, 0.3) is 0 Å². The SMILES string of the molecule is CC1(C)C2=C(C(=O)c3ccc(OC4CCOC45CCN(C4COC4)CC5)cc31)c1ccc(Br)cc1C2. The van der Waals surface area contributed by atoms with Crippen LogP contribution in [0.1, 0.15) is 60.2 Å². The Morgan fingerprint density at radius 3 is 2.58 bits per heavy atom. The first-order valence-electron chi connectivity index (χ1n) is 13.2. The molecule has 3 heterocycles. The van der Waals surface area contributed by atoms with Crippen LogP contribution in [0.3, 0.4) is 0 Å². The molecule has 0 saturated carbocycles. The first-order valence-corrected chi connectivity index (χ1v) is 14.0. The van der Waals surface area contributed by atoms with Gasteiger partial charge in [0.05, 0.1) is 25.9 Å². The van der Waals surface area contributed by atoms with Crippen LogP contribution in [-0.4, -0.2) is 61.3 Å². The van der Waals surface area contributed by atoms with E-state index in [0.29, 0.717) is 6.04 Å². The smallest absolute Gasteiger partial charge is 0.193 e. The maximum Gasteiger partial charge on any atom is 0.193 e. The number of fused-ring (bicyclic) bond motifs is 3. The van der Waals surface area contributed by atoms with E-state index in [0.717, 1.165) is 91.1 Å². The van der Waals surface area contributed by atoms with Gasteiger partial charge in [0, 0.05) is 40.5 Å². The van der Waals surface area contributed by atoms with Crippen molar-refractivity contribution in [3.8, 4) is 5.75 Å². The topological polar surface area (TPSA) is 48.0 Å². The van der Waals surface area contributed by atoms with E-state index in [9.17, 15) is 4.79 Å². The van der Waals surface area contributed by atoms with Crippen molar-refractivity contribution in [2.24, 2.45) is 0 Å². The van der Waals surface area contributed by atoms with Gasteiger partial charge in [0.1, 0.15) is 17.5 Å². The summed E-state index contributed by atoms with van der Waals surface area (Å²) in [6.45, 7) is 9.03. The summed E-state index contributed by atoms with van der Waals surface area (Å²) in [6.07, 6.45) is 3.75. The lowest BCUT2D eigenvalue weighted by Crippen LogP contribution is -2.57. The number of hydrogen-bond acceptors (Lipinski definition) is 5. The van der Waals surface area contributed by atoms with Crippen LogP contribution in [0.4, 0.5) is 0 Å². The molecule has 3 saturated heterocycles. The summed E-state index contributed by atoms with van der Waals surface area (Å²) in [5.41, 5.74) is 5.85. The van der Waals surface area contributed by atoms with Crippen LogP contribution in [0, 0.1) is 0 Å². The Balaban J connectivity index is 1.15. The molecule has 0 amide bonds. The van der Waals surface area contributed by atoms with Crippen LogP contribution in [-0.2, 0) is 21.3 Å². The highest BCUT2D eigenvalue weighted by Crippen LogP contribution is 2.51. The van der Waals surface area contributed by atoms with Gasteiger partial charge in [-0.25, -0.2) is 0 Å². The van der Waals surface area contributed by atoms with Crippen molar-refractivity contribution < 1.29 is 19.0 Å². The maximum absolute atomic E-state index is 13.7. The fourth-order valence-corrected chi connectivity index (χ4v) is 7.43. The molecule has 2 aromatic rings. The van der Waals surface area contributed by atoms with Gasteiger partial charge in [0.15, 0.2) is 5.78 Å². The second-order valence-electron chi connectivity index (χ2n) is 11.5. The predicted molar refractivity (Wildman–Crippen MR) is 142 cm³/mol. The lowest BCUT2D eigenvalue weighted by molar-refractivity contribution is -0.123. The largest absolute Gasteiger partial charge is 0.487 e. The third-order valence-electron chi connectivity index (χ3n) is 9.31. The number of piperidine rings is 1. The molecule has 1 spiro atoms. The lowest BCUT2D eigenvalue weighted by atomic mass is 9.68. The summed E-state index contributed by atoms with van der Waals surface area (Å²) in [7, 11) is 0. The molecular formula is C30H32BrNO4. The highest BCUT2D eigenvalue weighted by atomic mass is 79.9. The summed E-state index contributed by atoms with van der Waals surface area (Å²) in [5.74, 6) is 0.988. The monoisotopic (exact) mass is 549 g/mol. The van der Waals surface area contributed by atoms with Crippen LogP contribution in [0.5, 0.6) is 5.75 Å². The number of Topliss-reactive ketones (excluding diaryl/α,β-unsaturated/α-hetero) is 1. The van der Waals surface area contributed by atoms with Gasteiger partial charge < -0.3 is 14.2 Å². The lowest BCUT2D eigenvalue weighted by Gasteiger charge is -2.46. The number of rotatable bonds is 3. The third kappa shape index (κ3) is 3.41. The van der Waals surface area contributed by atoms with Gasteiger partial charge in [-0.15, -0.1) is 0 Å². The van der Waals surface area contributed by atoms with Crippen molar-refractivity contribution >= 4 is 27.3 Å². The molecule has 188 valence electrons. The number of allylic oxidation sites excluding steroid dienone is 2. The van der Waals surface area contributed by atoms with E-state index < -0.39 is 0 Å². The van der Waals surface area contributed by atoms with Crippen LogP contribution < -0.4 is 4.74 Å². The van der Waals surface area contributed by atoms with Gasteiger partial charge >= 0.3 is 0 Å². The third-order valence-corrected chi connectivity index (χ3v) is 9.81. The van der Waals surface area contributed by atoms with E-state index in [2.05, 4.69) is 52.9 Å². The van der Waals surface area contributed by atoms with Crippen LogP contribution in [0.2, 0.25) is 0 Å². The zero-order chi connectivity index (χ0) is 24.7. The van der Waals surface area contributed by atoms with Crippen molar-refractivity contribution in [3.05, 3.63) is 68.7 Å². The molecule has 0 aromatic heterocycles. The number of carbonyl (C=O) groups is 1. The molecule has 5 nitrogen and oxygen atoms in total. The van der Waals surface area contributed by atoms with Crippen molar-refractivity contribution in [2.75, 3.05) is 32.9 Å². The molecule has 0 N–H and O–H groups in total. The van der Waals surface area contributed by atoms with Crippen LogP contribution in [0.15, 0.2) is 46.4 Å². The minimum absolute atomic E-state index is 0.0422. The normalized spacial score (nSPS) is 26.5. The fourth-order valence-electron chi connectivity index (χ4n) is 7.02. The van der Waals surface area contributed by atoms with E-state index in [1.165, 1.54) is 11.1 Å². The number of ether oxygens (including phenoxy) is 3. The maximum atomic E-state index is 13.7. The summed E-state index contributed by atoms with van der Waals surface area (Å²) in [4.78, 5) is 16.2. The number of nitrogens with zero attached hydrogens (tertiary/aromatic N) is 1.